The lowest BCUT2D eigenvalue weighted by molar-refractivity contribution is -0.698. The first-order chi connectivity index (χ1) is 23.1. The highest BCUT2D eigenvalue weighted by Gasteiger charge is 2.41. The summed E-state index contributed by atoms with van der Waals surface area (Å²) in [5, 5.41) is 20.4. The number of hydrogen-bond donors (Lipinski definition) is 2. The van der Waals surface area contributed by atoms with Crippen LogP contribution in [0.5, 0.6) is 0 Å². The Morgan fingerprint density at radius 1 is 0.694 bits per heavy atom. The molecule has 9 nitrogen and oxygen atoms in total. The molecule has 3 N–H and O–H groups in total. The molecule has 4 heterocycles. The maximum absolute atomic E-state index is 10.3. The highest BCUT2D eigenvalue weighted by molar-refractivity contribution is 5.09. The van der Waals surface area contributed by atoms with Crippen molar-refractivity contribution in [1.82, 2.24) is 0 Å². The number of aromatic amines is 1. The standard InChI is InChI=1S/C38H61N2O7.2BrH/c1-2-3-4-5-6-7-8-9-10-11-12-13-14-15-21-40-22-17-19-34(24-40)36-46-31-38(26-42,32-47-36)28-43-27-37(25-41)29-44-35(45-30-37)33-18-16-20-39-23-33;;/h16-20,22-24,35-36,41-42H,2-15,21,25-32H2,1H3;2*1H/q+1;;/p-1. The van der Waals surface area contributed by atoms with Crippen molar-refractivity contribution in [1.29, 1.82) is 0 Å². The number of pyridine rings is 2. The minimum absolute atomic E-state index is 0. The van der Waals surface area contributed by atoms with Gasteiger partial charge in [-0.2, -0.15) is 0 Å². The number of aromatic nitrogens is 2. The SMILES string of the molecule is CCCCCCCCCCCCCCCC[n+]1cccc(C2OCC(CO)(COCC3(CO)COC(c4ccc[nH+]c4)OC3)CO2)c1.[Br-].[Br-]. The molecule has 0 spiro atoms. The molecule has 0 radical (unpaired) electrons. The second-order valence-electron chi connectivity index (χ2n) is 14.0. The molecule has 2 aromatic heterocycles. The van der Waals surface area contributed by atoms with Crippen LogP contribution in [0.2, 0.25) is 0 Å². The van der Waals surface area contributed by atoms with Gasteiger partial charge >= 0.3 is 0 Å². The highest BCUT2D eigenvalue weighted by atomic mass is 79.9. The Hall–Kier alpha value is -1.02. The van der Waals surface area contributed by atoms with E-state index in [1.807, 2.05) is 36.7 Å². The molecule has 0 atom stereocenters. The van der Waals surface area contributed by atoms with Crippen molar-refractivity contribution in [2.24, 2.45) is 10.8 Å². The van der Waals surface area contributed by atoms with Gasteiger partial charge in [0.05, 0.1) is 74.8 Å². The van der Waals surface area contributed by atoms with Crippen molar-refractivity contribution in [3.63, 3.8) is 0 Å². The zero-order valence-electron chi connectivity index (χ0n) is 29.7. The van der Waals surface area contributed by atoms with Gasteiger partial charge in [-0.15, -0.1) is 0 Å². The van der Waals surface area contributed by atoms with Crippen molar-refractivity contribution < 1.29 is 77.4 Å². The van der Waals surface area contributed by atoms with E-state index in [4.69, 9.17) is 23.7 Å². The van der Waals surface area contributed by atoms with Crippen molar-refractivity contribution in [2.75, 3.05) is 52.9 Å². The lowest BCUT2D eigenvalue weighted by atomic mass is 9.89. The molecule has 280 valence electrons. The predicted octanol–water partition coefficient (Wildman–Crippen LogP) is 0.0425. The monoisotopic (exact) mass is 816 g/mol. The van der Waals surface area contributed by atoms with E-state index in [2.05, 4.69) is 28.9 Å². The number of aliphatic hydroxyl groups excluding tert-OH is 2. The normalized spacial score (nSPS) is 23.8. The largest absolute Gasteiger partial charge is 1.00 e. The number of ether oxygens (including phenoxy) is 5. The van der Waals surface area contributed by atoms with Crippen LogP contribution in [-0.4, -0.2) is 63.1 Å². The lowest BCUT2D eigenvalue weighted by Gasteiger charge is -2.41. The van der Waals surface area contributed by atoms with Gasteiger partial charge in [0, 0.05) is 18.6 Å². The highest BCUT2D eigenvalue weighted by Crippen LogP contribution is 2.34. The number of nitrogens with one attached hydrogen (secondary N) is 1. The maximum Gasteiger partial charge on any atom is 0.189 e. The van der Waals surface area contributed by atoms with Gasteiger partial charge in [0.15, 0.2) is 37.4 Å². The van der Waals surface area contributed by atoms with Crippen molar-refractivity contribution in [3.8, 4) is 0 Å². The summed E-state index contributed by atoms with van der Waals surface area (Å²) in [4.78, 5) is 3.03. The van der Waals surface area contributed by atoms with Crippen LogP contribution >= 0.6 is 0 Å². The molecule has 0 aliphatic carbocycles. The van der Waals surface area contributed by atoms with E-state index in [1.54, 1.807) is 0 Å². The van der Waals surface area contributed by atoms with Gasteiger partial charge in [-0.3, -0.25) is 0 Å². The van der Waals surface area contributed by atoms with Gasteiger partial charge in [0.1, 0.15) is 6.54 Å². The first-order valence-corrected chi connectivity index (χ1v) is 18.3. The van der Waals surface area contributed by atoms with Crippen LogP contribution in [0.4, 0.5) is 0 Å². The molecule has 0 bridgehead atoms. The molecule has 49 heavy (non-hydrogen) atoms. The summed E-state index contributed by atoms with van der Waals surface area (Å²) in [5.74, 6) is 0. The van der Waals surface area contributed by atoms with Crippen LogP contribution in [-0.2, 0) is 30.2 Å². The van der Waals surface area contributed by atoms with Crippen LogP contribution < -0.4 is 43.5 Å². The Bertz CT molecular complexity index is 1100. The van der Waals surface area contributed by atoms with Crippen LogP contribution in [0.1, 0.15) is 121 Å². The number of aryl methyl sites for hydroxylation is 1. The third-order valence-corrected chi connectivity index (χ3v) is 9.58. The fourth-order valence-corrected chi connectivity index (χ4v) is 6.36. The average molecular weight is 819 g/mol. The Balaban J connectivity index is 0.00000417. The van der Waals surface area contributed by atoms with Crippen LogP contribution in [0.25, 0.3) is 0 Å². The molecular formula is C38H62Br2N2O7. The molecule has 4 rings (SSSR count). The van der Waals surface area contributed by atoms with Gasteiger partial charge in [-0.25, -0.2) is 9.55 Å². The Kier molecular flexibility index (Phi) is 22.6. The molecule has 2 aliphatic rings. The summed E-state index contributed by atoms with van der Waals surface area (Å²) in [6.07, 6.45) is 26.0. The van der Waals surface area contributed by atoms with Crippen molar-refractivity contribution in [3.05, 3.63) is 60.2 Å². The van der Waals surface area contributed by atoms with Crippen molar-refractivity contribution in [2.45, 2.75) is 116 Å². The minimum atomic E-state index is -0.676. The zero-order valence-corrected chi connectivity index (χ0v) is 32.8. The quantitative estimate of drug-likeness (QED) is 0.121. The van der Waals surface area contributed by atoms with Crippen LogP contribution in [0.3, 0.4) is 0 Å². The molecule has 2 aromatic rings. The van der Waals surface area contributed by atoms with E-state index < -0.39 is 23.4 Å². The summed E-state index contributed by atoms with van der Waals surface area (Å²) in [6, 6.07) is 7.90. The van der Waals surface area contributed by atoms with E-state index in [1.165, 1.54) is 89.9 Å². The molecule has 0 amide bonds. The van der Waals surface area contributed by atoms with E-state index in [0.717, 1.165) is 17.7 Å². The van der Waals surface area contributed by atoms with Gasteiger partial charge in [0.2, 0.25) is 0 Å². The third kappa shape index (κ3) is 15.2. The number of H-pyrrole nitrogens is 1. The second-order valence-corrected chi connectivity index (χ2v) is 14.0. The molecular weight excluding hydrogens is 756 g/mol. The minimum Gasteiger partial charge on any atom is -1.00 e. The summed E-state index contributed by atoms with van der Waals surface area (Å²) in [7, 11) is 0. The molecule has 2 aliphatic heterocycles. The summed E-state index contributed by atoms with van der Waals surface area (Å²) in [6.45, 7) is 4.72. The third-order valence-electron chi connectivity index (χ3n) is 9.58. The lowest BCUT2D eigenvalue weighted by Crippen LogP contribution is -3.00. The first kappa shape index (κ1) is 44.1. The summed E-state index contributed by atoms with van der Waals surface area (Å²) < 4.78 is 32.4. The zero-order chi connectivity index (χ0) is 33.0. The number of hydrogen-bond acceptors (Lipinski definition) is 7. The molecule has 0 aromatic carbocycles. The maximum atomic E-state index is 10.3. The van der Waals surface area contributed by atoms with Gasteiger partial charge in [0.25, 0.3) is 0 Å². The molecule has 2 saturated heterocycles. The second kappa shape index (κ2) is 25.0. The van der Waals surface area contributed by atoms with E-state index in [-0.39, 0.29) is 60.4 Å². The Morgan fingerprint density at radius 3 is 1.63 bits per heavy atom. The number of rotatable bonds is 23. The number of unbranched alkanes of at least 4 members (excludes halogenated alkanes) is 13. The number of aliphatic hydroxyl groups is 2. The van der Waals surface area contributed by atoms with Gasteiger partial charge in [-0.05, 0) is 18.6 Å². The van der Waals surface area contributed by atoms with Gasteiger partial charge < -0.3 is 67.9 Å². The van der Waals surface area contributed by atoms with E-state index >= 15 is 0 Å². The Morgan fingerprint density at radius 2 is 1.16 bits per heavy atom. The summed E-state index contributed by atoms with van der Waals surface area (Å²) >= 11 is 0. The van der Waals surface area contributed by atoms with Gasteiger partial charge in [-0.1, -0.05) is 84.0 Å². The smallest absolute Gasteiger partial charge is 0.189 e. The summed E-state index contributed by atoms with van der Waals surface area (Å²) in [5.41, 5.74) is 0.524. The fraction of sp³-hybridized carbons (Fsp3) is 0.737. The first-order valence-electron chi connectivity index (χ1n) is 18.3. The molecule has 0 saturated carbocycles. The number of nitrogens with zero attached hydrogens (tertiary/aromatic N) is 1. The predicted molar refractivity (Wildman–Crippen MR) is 179 cm³/mol. The van der Waals surface area contributed by atoms with E-state index in [0.29, 0.717) is 26.4 Å². The fourth-order valence-electron chi connectivity index (χ4n) is 6.36. The average Bonchev–Trinajstić information content (AvgIpc) is 3.13. The van der Waals surface area contributed by atoms with Crippen LogP contribution in [0.15, 0.2) is 49.1 Å². The van der Waals surface area contributed by atoms with Crippen LogP contribution in [0, 0.1) is 10.8 Å². The topological polar surface area (TPSA) is 105 Å². The molecule has 2 fully saturated rings. The van der Waals surface area contributed by atoms with E-state index in [9.17, 15) is 10.2 Å². The van der Waals surface area contributed by atoms with Crippen molar-refractivity contribution >= 4 is 0 Å². The Labute approximate surface area is 316 Å². The number of halogens is 2. The molecule has 0 unspecified atom stereocenters. The molecule has 11 heteroatoms.